The van der Waals surface area contributed by atoms with Gasteiger partial charge < -0.3 is 20.1 Å². The molecule has 2 aliphatic rings. The SMILES string of the molecule is CC1(C)Oc2ccc([N+](=O)[O-])cc2[C@@H](NCCN2CCCC2)[C@@H]1O.Cl.Cl. The van der Waals surface area contributed by atoms with Crippen molar-refractivity contribution in [3.63, 3.8) is 0 Å². The van der Waals surface area contributed by atoms with Crippen LogP contribution < -0.4 is 10.1 Å². The van der Waals surface area contributed by atoms with Gasteiger partial charge in [-0.05, 0) is 45.8 Å². The molecule has 0 aromatic heterocycles. The van der Waals surface area contributed by atoms with Gasteiger partial charge in [-0.25, -0.2) is 0 Å². The summed E-state index contributed by atoms with van der Waals surface area (Å²) in [5.74, 6) is 0.592. The molecule has 1 fully saturated rings. The predicted molar refractivity (Wildman–Crippen MR) is 105 cm³/mol. The van der Waals surface area contributed by atoms with Crippen LogP contribution in [-0.4, -0.2) is 52.8 Å². The Kier molecular flexibility index (Phi) is 8.10. The first-order valence-corrected chi connectivity index (χ1v) is 8.49. The van der Waals surface area contributed by atoms with Gasteiger partial charge in [0.2, 0.25) is 0 Å². The maximum atomic E-state index is 11.1. The third-order valence-corrected chi connectivity index (χ3v) is 4.93. The fourth-order valence-corrected chi connectivity index (χ4v) is 3.51. The molecule has 0 amide bonds. The Morgan fingerprint density at radius 3 is 2.62 bits per heavy atom. The number of ether oxygens (including phenoxy) is 1. The minimum Gasteiger partial charge on any atom is -0.485 e. The number of aliphatic hydroxyl groups excluding tert-OH is 1. The summed E-state index contributed by atoms with van der Waals surface area (Å²) in [7, 11) is 0. The first-order valence-electron chi connectivity index (χ1n) is 8.49. The Labute approximate surface area is 166 Å². The number of nitro benzene ring substituents is 1. The monoisotopic (exact) mass is 407 g/mol. The van der Waals surface area contributed by atoms with Crippen LogP contribution in [0.2, 0.25) is 0 Å². The van der Waals surface area contributed by atoms with Crippen LogP contribution >= 0.6 is 24.8 Å². The summed E-state index contributed by atoms with van der Waals surface area (Å²) in [6.07, 6.45) is 1.69. The zero-order chi connectivity index (χ0) is 17.3. The topological polar surface area (TPSA) is 87.9 Å². The van der Waals surface area contributed by atoms with E-state index in [0.29, 0.717) is 11.3 Å². The van der Waals surface area contributed by atoms with Crippen molar-refractivity contribution in [1.82, 2.24) is 10.2 Å². The molecule has 2 N–H and O–H groups in total. The molecular formula is C17H27Cl2N3O4. The number of benzene rings is 1. The van der Waals surface area contributed by atoms with Gasteiger partial charge in [-0.1, -0.05) is 0 Å². The molecule has 1 aromatic carbocycles. The third-order valence-electron chi connectivity index (χ3n) is 4.93. The zero-order valence-corrected chi connectivity index (χ0v) is 16.6. The zero-order valence-electron chi connectivity index (χ0n) is 15.0. The highest BCUT2D eigenvalue weighted by atomic mass is 35.5. The van der Waals surface area contributed by atoms with Crippen molar-refractivity contribution in [3.05, 3.63) is 33.9 Å². The van der Waals surface area contributed by atoms with Gasteiger partial charge in [-0.2, -0.15) is 0 Å². The summed E-state index contributed by atoms with van der Waals surface area (Å²) in [4.78, 5) is 13.0. The highest BCUT2D eigenvalue weighted by Gasteiger charge is 2.43. The first kappa shape index (κ1) is 22.9. The normalized spacial score (nSPS) is 24.0. The Bertz CT molecular complexity index is 624. The van der Waals surface area contributed by atoms with Crippen molar-refractivity contribution in [3.8, 4) is 5.75 Å². The molecule has 0 aliphatic carbocycles. The highest BCUT2D eigenvalue weighted by Crippen LogP contribution is 2.41. The van der Waals surface area contributed by atoms with Crippen molar-refractivity contribution in [2.75, 3.05) is 26.2 Å². The molecule has 2 aliphatic heterocycles. The summed E-state index contributed by atoms with van der Waals surface area (Å²) in [5.41, 5.74) is -0.0953. The van der Waals surface area contributed by atoms with Crippen LogP contribution in [0.1, 0.15) is 38.3 Å². The molecule has 0 spiro atoms. The summed E-state index contributed by atoms with van der Waals surface area (Å²) >= 11 is 0. The van der Waals surface area contributed by atoms with Crippen LogP contribution in [0.15, 0.2) is 18.2 Å². The Morgan fingerprint density at radius 2 is 2.00 bits per heavy atom. The smallest absolute Gasteiger partial charge is 0.270 e. The molecule has 3 rings (SSSR count). The van der Waals surface area contributed by atoms with Crippen molar-refractivity contribution in [1.29, 1.82) is 0 Å². The van der Waals surface area contributed by atoms with E-state index in [4.69, 9.17) is 4.74 Å². The first-order chi connectivity index (χ1) is 11.4. The van der Waals surface area contributed by atoms with Gasteiger partial charge in [-0.15, -0.1) is 24.8 Å². The Morgan fingerprint density at radius 1 is 1.35 bits per heavy atom. The number of nitrogens with one attached hydrogen (secondary N) is 1. The van der Waals surface area contributed by atoms with Gasteiger partial charge in [0.1, 0.15) is 17.5 Å². The van der Waals surface area contributed by atoms with Crippen LogP contribution in [0.3, 0.4) is 0 Å². The molecule has 1 saturated heterocycles. The number of hydrogen-bond acceptors (Lipinski definition) is 6. The Hall–Kier alpha value is -1.12. The number of nitro groups is 1. The van der Waals surface area contributed by atoms with Crippen molar-refractivity contribution in [2.24, 2.45) is 0 Å². The lowest BCUT2D eigenvalue weighted by atomic mass is 9.86. The molecule has 7 nitrogen and oxygen atoms in total. The van der Waals surface area contributed by atoms with Gasteiger partial charge in [0.15, 0.2) is 0 Å². The lowest BCUT2D eigenvalue weighted by molar-refractivity contribution is -0.385. The van der Waals surface area contributed by atoms with E-state index in [1.807, 2.05) is 13.8 Å². The van der Waals surface area contributed by atoms with E-state index in [2.05, 4.69) is 10.2 Å². The number of aliphatic hydroxyl groups is 1. The largest absolute Gasteiger partial charge is 0.485 e. The fraction of sp³-hybridized carbons (Fsp3) is 0.647. The lowest BCUT2D eigenvalue weighted by Crippen LogP contribution is -2.53. The minimum absolute atomic E-state index is 0. The summed E-state index contributed by atoms with van der Waals surface area (Å²) in [5, 5.41) is 25.1. The number of nitrogens with zero attached hydrogens (tertiary/aromatic N) is 2. The quantitative estimate of drug-likeness (QED) is 0.576. The maximum Gasteiger partial charge on any atom is 0.270 e. The molecule has 0 radical (unpaired) electrons. The third kappa shape index (κ3) is 4.78. The molecule has 0 unspecified atom stereocenters. The average molecular weight is 408 g/mol. The second kappa shape index (κ2) is 9.19. The number of halogens is 2. The number of fused-ring (bicyclic) bond motifs is 1. The number of likely N-dealkylation sites (tertiary alicyclic amines) is 1. The van der Waals surface area contributed by atoms with E-state index in [-0.39, 0.29) is 36.5 Å². The van der Waals surface area contributed by atoms with Crippen molar-refractivity contribution >= 4 is 30.5 Å². The van der Waals surface area contributed by atoms with Gasteiger partial charge in [0.25, 0.3) is 5.69 Å². The van der Waals surface area contributed by atoms with E-state index in [1.54, 1.807) is 6.07 Å². The van der Waals surface area contributed by atoms with Gasteiger partial charge in [0.05, 0.1) is 11.0 Å². The van der Waals surface area contributed by atoms with E-state index in [1.165, 1.54) is 25.0 Å². The molecule has 148 valence electrons. The molecule has 2 atom stereocenters. The summed E-state index contributed by atoms with van der Waals surface area (Å²) < 4.78 is 5.85. The molecule has 0 saturated carbocycles. The van der Waals surface area contributed by atoms with Crippen molar-refractivity contribution < 1.29 is 14.8 Å². The Balaban J connectivity index is 0.00000169. The summed E-state index contributed by atoms with van der Waals surface area (Å²) in [6.45, 7) is 7.53. The second-order valence-electron chi connectivity index (χ2n) is 7.11. The lowest BCUT2D eigenvalue weighted by Gasteiger charge is -2.42. The van der Waals surface area contributed by atoms with Crippen LogP contribution in [0.5, 0.6) is 5.75 Å². The predicted octanol–water partition coefficient (Wildman–Crippen LogP) is 2.70. The standard InChI is InChI=1S/C17H25N3O4.2ClH/c1-17(2)16(21)15(18-7-10-19-8-3-4-9-19)13-11-12(20(22)23)5-6-14(13)24-17;;/h5-6,11,15-16,18,21H,3-4,7-10H2,1-2H3;2*1H/t15-,16+;;/m1../s1. The maximum absolute atomic E-state index is 11.1. The molecule has 26 heavy (non-hydrogen) atoms. The number of rotatable bonds is 5. The fourth-order valence-electron chi connectivity index (χ4n) is 3.51. The van der Waals surface area contributed by atoms with E-state index < -0.39 is 16.6 Å². The number of hydrogen-bond donors (Lipinski definition) is 2. The summed E-state index contributed by atoms with van der Waals surface area (Å²) in [6, 6.07) is 4.18. The van der Waals surface area contributed by atoms with Crippen LogP contribution in [0.25, 0.3) is 0 Å². The van der Waals surface area contributed by atoms with Gasteiger partial charge in [0, 0.05) is 30.8 Å². The van der Waals surface area contributed by atoms with Crippen LogP contribution in [0.4, 0.5) is 5.69 Å². The molecule has 9 heteroatoms. The van der Waals surface area contributed by atoms with E-state index in [9.17, 15) is 15.2 Å². The van der Waals surface area contributed by atoms with Gasteiger partial charge >= 0.3 is 0 Å². The number of non-ortho nitro benzene ring substituents is 1. The second-order valence-corrected chi connectivity index (χ2v) is 7.11. The molecular weight excluding hydrogens is 381 g/mol. The van der Waals surface area contributed by atoms with Crippen LogP contribution in [0, 0.1) is 10.1 Å². The molecule has 0 bridgehead atoms. The molecule has 2 heterocycles. The highest BCUT2D eigenvalue weighted by molar-refractivity contribution is 5.85. The van der Waals surface area contributed by atoms with E-state index >= 15 is 0 Å². The average Bonchev–Trinajstić information content (AvgIpc) is 3.03. The van der Waals surface area contributed by atoms with Crippen LogP contribution in [-0.2, 0) is 0 Å². The minimum atomic E-state index is -0.786. The van der Waals surface area contributed by atoms with Crippen molar-refractivity contribution in [2.45, 2.75) is 44.4 Å². The van der Waals surface area contributed by atoms with Gasteiger partial charge in [-0.3, -0.25) is 10.1 Å². The van der Waals surface area contributed by atoms with E-state index in [0.717, 1.165) is 26.2 Å². The molecule has 1 aromatic rings.